The third kappa shape index (κ3) is 8.78. The fourth-order valence-electron chi connectivity index (χ4n) is 2.36. The van der Waals surface area contributed by atoms with Crippen LogP contribution in [0.25, 0.3) is 0 Å². The summed E-state index contributed by atoms with van der Waals surface area (Å²) in [6.07, 6.45) is -1.43. The summed E-state index contributed by atoms with van der Waals surface area (Å²) < 4.78 is 31.5. The van der Waals surface area contributed by atoms with E-state index in [4.69, 9.17) is 9.90 Å². The molecule has 1 aromatic rings. The van der Waals surface area contributed by atoms with E-state index in [9.17, 15) is 23.1 Å². The molecule has 0 aliphatic carbocycles. The molecule has 5 nitrogen and oxygen atoms in total. The van der Waals surface area contributed by atoms with E-state index in [1.54, 1.807) is 0 Å². The van der Waals surface area contributed by atoms with Gasteiger partial charge in [-0.15, -0.1) is 11.8 Å². The first kappa shape index (κ1) is 21.3. The maximum absolute atomic E-state index is 11.3. The third-order valence-electron chi connectivity index (χ3n) is 3.56. The predicted molar refractivity (Wildman–Crippen MR) is 84.2 cm³/mol. The van der Waals surface area contributed by atoms with Crippen molar-refractivity contribution in [1.82, 2.24) is 0 Å². The Morgan fingerprint density at radius 3 is 2.12 bits per heavy atom. The molecule has 2 N–H and O–H groups in total. The number of hydrogen-bond acceptors (Lipinski definition) is 4. The zero-order valence-corrected chi connectivity index (χ0v) is 14.2. The van der Waals surface area contributed by atoms with Crippen LogP contribution in [0.4, 0.5) is 13.2 Å². The summed E-state index contributed by atoms with van der Waals surface area (Å²) in [6, 6.07) is 9.82. The topological polar surface area (TPSA) is 81.9 Å². The Balaban J connectivity index is 0.000000381. The van der Waals surface area contributed by atoms with Crippen LogP contribution in [-0.4, -0.2) is 48.1 Å². The molecule has 0 saturated carbocycles. The van der Waals surface area contributed by atoms with E-state index in [2.05, 4.69) is 0 Å². The number of nitrogens with one attached hydrogen (secondary N) is 1. The van der Waals surface area contributed by atoms with Gasteiger partial charge < -0.3 is 19.9 Å². The van der Waals surface area contributed by atoms with Crippen molar-refractivity contribution in [1.29, 1.82) is 0 Å². The maximum atomic E-state index is 11.3. The lowest BCUT2D eigenvalue weighted by Gasteiger charge is -2.25. The van der Waals surface area contributed by atoms with Gasteiger partial charge in [-0.25, -0.2) is 0 Å². The van der Waals surface area contributed by atoms with Crippen LogP contribution < -0.4 is 10.0 Å². The monoisotopic (exact) mass is 379 g/mol. The van der Waals surface area contributed by atoms with Crippen molar-refractivity contribution >= 4 is 23.7 Å². The second kappa shape index (κ2) is 10.3. The lowest BCUT2D eigenvalue weighted by atomic mass is 10.1. The Hall–Kier alpha value is -1.74. The number of hydrogen-bond donors (Lipinski definition) is 2. The van der Waals surface area contributed by atoms with E-state index in [1.807, 2.05) is 30.3 Å². The molecule has 0 radical (unpaired) electrons. The molecule has 0 bridgehead atoms. The van der Waals surface area contributed by atoms with E-state index >= 15 is 0 Å². The Labute approximate surface area is 147 Å². The van der Waals surface area contributed by atoms with Gasteiger partial charge in [-0.05, 0) is 31.4 Å². The van der Waals surface area contributed by atoms with Gasteiger partial charge >= 0.3 is 12.1 Å². The zero-order chi connectivity index (χ0) is 18.9. The number of likely N-dealkylation sites (tertiary alicyclic amines) is 1. The number of quaternary nitrogens is 1. The number of carboxylic acid groups (broad SMARTS) is 2. The maximum Gasteiger partial charge on any atom is 0.430 e. The van der Waals surface area contributed by atoms with Crippen molar-refractivity contribution in [3.63, 3.8) is 0 Å². The van der Waals surface area contributed by atoms with E-state index in [0.29, 0.717) is 0 Å². The largest absolute Gasteiger partial charge is 0.542 e. The third-order valence-corrected chi connectivity index (χ3v) is 4.76. The number of thioether (sulfide) groups is 1. The molecule has 1 atom stereocenters. The molecule has 0 spiro atoms. The highest BCUT2D eigenvalue weighted by molar-refractivity contribution is 8.00. The molecule has 2 rings (SSSR count). The van der Waals surface area contributed by atoms with E-state index in [-0.39, 0.29) is 5.25 Å². The zero-order valence-electron chi connectivity index (χ0n) is 13.4. The van der Waals surface area contributed by atoms with E-state index < -0.39 is 18.1 Å². The highest BCUT2D eigenvalue weighted by atomic mass is 32.2. The first-order chi connectivity index (χ1) is 11.7. The van der Waals surface area contributed by atoms with Crippen LogP contribution in [0.15, 0.2) is 35.2 Å². The van der Waals surface area contributed by atoms with Crippen molar-refractivity contribution in [2.45, 2.75) is 35.6 Å². The number of carbonyl (C=O) groups is 2. The Morgan fingerprint density at radius 2 is 1.68 bits per heavy atom. The van der Waals surface area contributed by atoms with Gasteiger partial charge in [0.2, 0.25) is 0 Å². The SMILES string of the molecule is O=C(O)C(C[NH+]1CCCCC1)Sc1ccccc1.O=C([O-])C(F)(F)F. The molecule has 1 aromatic carbocycles. The quantitative estimate of drug-likeness (QED) is 0.733. The van der Waals surface area contributed by atoms with Crippen LogP contribution in [0.2, 0.25) is 0 Å². The molecule has 1 aliphatic heterocycles. The minimum absolute atomic E-state index is 0.333. The number of piperidine rings is 1. The minimum atomic E-state index is -5.19. The highest BCUT2D eigenvalue weighted by Gasteiger charge is 2.29. The summed E-state index contributed by atoms with van der Waals surface area (Å²) in [5.74, 6) is -3.70. The van der Waals surface area contributed by atoms with Gasteiger partial charge in [0.1, 0.15) is 12.5 Å². The average Bonchev–Trinajstić information content (AvgIpc) is 2.56. The first-order valence-electron chi connectivity index (χ1n) is 7.76. The number of rotatable bonds is 5. The lowest BCUT2D eigenvalue weighted by Crippen LogP contribution is -3.13. The minimum Gasteiger partial charge on any atom is -0.542 e. The van der Waals surface area contributed by atoms with Crippen molar-refractivity contribution < 1.29 is 37.9 Å². The number of aliphatic carboxylic acids is 2. The summed E-state index contributed by atoms with van der Waals surface area (Å²) >= 11 is 1.47. The van der Waals surface area contributed by atoms with E-state index in [1.165, 1.54) is 35.9 Å². The summed E-state index contributed by atoms with van der Waals surface area (Å²) in [7, 11) is 0. The molecule has 25 heavy (non-hydrogen) atoms. The molecular formula is C16H20F3NO4S. The summed E-state index contributed by atoms with van der Waals surface area (Å²) in [4.78, 5) is 22.6. The summed E-state index contributed by atoms with van der Waals surface area (Å²) in [6.45, 7) is 2.98. The Kier molecular flexibility index (Phi) is 8.77. The van der Waals surface area contributed by atoms with Crippen molar-refractivity contribution in [2.24, 2.45) is 0 Å². The van der Waals surface area contributed by atoms with Gasteiger partial charge in [0, 0.05) is 4.90 Å². The fraction of sp³-hybridized carbons (Fsp3) is 0.500. The van der Waals surface area contributed by atoms with Gasteiger partial charge in [0.15, 0.2) is 5.25 Å². The second-order valence-electron chi connectivity index (χ2n) is 5.56. The molecule has 1 fully saturated rings. The number of carboxylic acids is 2. The molecule has 9 heteroatoms. The van der Waals surface area contributed by atoms with Gasteiger partial charge in [0.25, 0.3) is 0 Å². The molecular weight excluding hydrogens is 359 g/mol. The normalized spacial score (nSPS) is 16.4. The smallest absolute Gasteiger partial charge is 0.430 e. The van der Waals surface area contributed by atoms with Gasteiger partial charge in [0.05, 0.1) is 13.1 Å². The number of carbonyl (C=O) groups excluding carboxylic acids is 1. The Bertz CT molecular complexity index is 548. The van der Waals surface area contributed by atoms with Crippen molar-refractivity contribution in [3.05, 3.63) is 30.3 Å². The highest BCUT2D eigenvalue weighted by Crippen LogP contribution is 2.22. The van der Waals surface area contributed by atoms with Crippen LogP contribution in [-0.2, 0) is 9.59 Å². The molecule has 0 amide bonds. The number of alkyl halides is 3. The van der Waals surface area contributed by atoms with Gasteiger partial charge in [-0.2, -0.15) is 13.2 Å². The van der Waals surface area contributed by atoms with Gasteiger partial charge in [-0.1, -0.05) is 18.2 Å². The second-order valence-corrected chi connectivity index (χ2v) is 6.83. The lowest BCUT2D eigenvalue weighted by molar-refractivity contribution is -0.903. The predicted octanol–water partition coefficient (Wildman–Crippen LogP) is 0.599. The van der Waals surface area contributed by atoms with Crippen molar-refractivity contribution in [2.75, 3.05) is 19.6 Å². The molecule has 0 aromatic heterocycles. The Morgan fingerprint density at radius 1 is 1.16 bits per heavy atom. The van der Waals surface area contributed by atoms with Gasteiger partial charge in [-0.3, -0.25) is 4.79 Å². The standard InChI is InChI=1S/C14H19NO2S.C2HF3O2/c16-14(17)13(11-15-9-5-2-6-10-15)18-12-7-3-1-4-8-12;3-2(4,5)1(6)7/h1,3-4,7-8,13H,2,5-6,9-11H2,(H,16,17);(H,6,7). The van der Waals surface area contributed by atoms with E-state index in [0.717, 1.165) is 24.5 Å². The van der Waals surface area contributed by atoms with Crippen LogP contribution in [0.3, 0.4) is 0 Å². The summed E-state index contributed by atoms with van der Waals surface area (Å²) in [5.41, 5.74) is 0. The molecule has 1 heterocycles. The van der Waals surface area contributed by atoms with Crippen LogP contribution in [0.1, 0.15) is 19.3 Å². The molecule has 1 aliphatic rings. The fourth-order valence-corrected chi connectivity index (χ4v) is 3.42. The summed E-state index contributed by atoms with van der Waals surface area (Å²) in [5, 5.41) is 17.8. The first-order valence-corrected chi connectivity index (χ1v) is 8.64. The van der Waals surface area contributed by atoms with Crippen molar-refractivity contribution in [3.8, 4) is 0 Å². The van der Waals surface area contributed by atoms with Crippen LogP contribution in [0, 0.1) is 0 Å². The number of benzene rings is 1. The van der Waals surface area contributed by atoms with Crippen LogP contribution in [0.5, 0.6) is 0 Å². The molecule has 1 saturated heterocycles. The molecule has 140 valence electrons. The molecule has 1 unspecified atom stereocenters. The average molecular weight is 379 g/mol. The number of halogens is 3. The van der Waals surface area contributed by atoms with Crippen LogP contribution >= 0.6 is 11.8 Å².